The predicted octanol–water partition coefficient (Wildman–Crippen LogP) is 3.10. The molecule has 1 aliphatic heterocycles. The molecular formula is C17H20F3N3O. The molecule has 1 saturated heterocycles. The lowest BCUT2D eigenvalue weighted by molar-refractivity contribution is -0.141. The monoisotopic (exact) mass is 339 g/mol. The van der Waals surface area contributed by atoms with Crippen molar-refractivity contribution in [3.05, 3.63) is 47.8 Å². The first-order chi connectivity index (χ1) is 11.5. The highest BCUT2D eigenvalue weighted by Crippen LogP contribution is 2.28. The molecule has 24 heavy (non-hydrogen) atoms. The van der Waals surface area contributed by atoms with Crippen LogP contribution in [0.4, 0.5) is 13.2 Å². The summed E-state index contributed by atoms with van der Waals surface area (Å²) in [5, 5.41) is 12.9. The molecule has 4 nitrogen and oxygen atoms in total. The molecule has 130 valence electrons. The fraction of sp³-hybridized carbons (Fsp3) is 0.471. The third kappa shape index (κ3) is 3.96. The summed E-state index contributed by atoms with van der Waals surface area (Å²) in [5.74, 6) is 0.336. The fourth-order valence-corrected chi connectivity index (χ4v) is 3.08. The molecule has 0 amide bonds. The molecule has 1 N–H and O–H groups in total. The minimum Gasteiger partial charge on any atom is -0.396 e. The molecule has 0 bridgehead atoms. The van der Waals surface area contributed by atoms with E-state index in [0.29, 0.717) is 11.6 Å². The highest BCUT2D eigenvalue weighted by atomic mass is 19.4. The Morgan fingerprint density at radius 3 is 2.54 bits per heavy atom. The number of nitrogens with zero attached hydrogens (tertiary/aromatic N) is 3. The second kappa shape index (κ2) is 6.94. The topological polar surface area (TPSA) is 41.3 Å². The van der Waals surface area contributed by atoms with Gasteiger partial charge in [0.2, 0.25) is 0 Å². The van der Waals surface area contributed by atoms with Crippen LogP contribution in [0.25, 0.3) is 5.69 Å². The minimum absolute atomic E-state index is 0.219. The van der Waals surface area contributed by atoms with E-state index < -0.39 is 11.9 Å². The van der Waals surface area contributed by atoms with E-state index in [1.54, 1.807) is 12.1 Å². The van der Waals surface area contributed by atoms with Gasteiger partial charge >= 0.3 is 6.18 Å². The molecule has 2 aromatic rings. The molecule has 3 rings (SSSR count). The van der Waals surface area contributed by atoms with Crippen molar-refractivity contribution in [2.24, 2.45) is 5.92 Å². The number of likely N-dealkylation sites (tertiary alicyclic amines) is 1. The van der Waals surface area contributed by atoms with Gasteiger partial charge in [0.1, 0.15) is 0 Å². The summed E-state index contributed by atoms with van der Waals surface area (Å²) in [7, 11) is 0. The zero-order chi connectivity index (χ0) is 17.2. The van der Waals surface area contributed by atoms with Crippen LogP contribution in [0.15, 0.2) is 36.5 Å². The quantitative estimate of drug-likeness (QED) is 0.931. The Bertz CT molecular complexity index is 666. The number of aliphatic hydroxyl groups excluding tert-OH is 1. The maximum atomic E-state index is 12.6. The molecule has 1 aromatic carbocycles. The van der Waals surface area contributed by atoms with Gasteiger partial charge in [0.15, 0.2) is 5.69 Å². The fourth-order valence-electron chi connectivity index (χ4n) is 3.08. The van der Waals surface area contributed by atoms with Crippen LogP contribution in [0.2, 0.25) is 0 Å². The number of aliphatic hydroxyl groups is 1. The van der Waals surface area contributed by atoms with Crippen molar-refractivity contribution in [2.45, 2.75) is 25.6 Å². The van der Waals surface area contributed by atoms with Crippen molar-refractivity contribution in [3.63, 3.8) is 0 Å². The number of hydrogen-bond donors (Lipinski definition) is 1. The summed E-state index contributed by atoms with van der Waals surface area (Å²) in [6.45, 7) is 2.89. The van der Waals surface area contributed by atoms with Gasteiger partial charge in [-0.05, 0) is 49.1 Å². The van der Waals surface area contributed by atoms with E-state index in [-0.39, 0.29) is 6.61 Å². The van der Waals surface area contributed by atoms with Crippen molar-refractivity contribution in [3.8, 4) is 5.69 Å². The summed E-state index contributed by atoms with van der Waals surface area (Å²) in [6.07, 6.45) is -0.972. The smallest absolute Gasteiger partial charge is 0.396 e. The number of halogens is 3. The maximum Gasteiger partial charge on any atom is 0.435 e. The Morgan fingerprint density at radius 1 is 1.17 bits per heavy atom. The van der Waals surface area contributed by atoms with Crippen LogP contribution in [0.1, 0.15) is 24.1 Å². The first-order valence-electron chi connectivity index (χ1n) is 8.01. The molecular weight excluding hydrogens is 319 g/mol. The molecule has 0 aliphatic carbocycles. The van der Waals surface area contributed by atoms with Gasteiger partial charge in [-0.25, -0.2) is 4.68 Å². The lowest BCUT2D eigenvalue weighted by atomic mass is 9.98. The lowest BCUT2D eigenvalue weighted by Gasteiger charge is -2.31. The number of hydrogen-bond acceptors (Lipinski definition) is 3. The number of piperidine rings is 1. The van der Waals surface area contributed by atoms with Crippen molar-refractivity contribution in [2.75, 3.05) is 19.7 Å². The highest BCUT2D eigenvalue weighted by Gasteiger charge is 2.33. The predicted molar refractivity (Wildman–Crippen MR) is 83.7 cm³/mol. The molecule has 0 spiro atoms. The average molecular weight is 339 g/mol. The summed E-state index contributed by atoms with van der Waals surface area (Å²) < 4.78 is 39.0. The van der Waals surface area contributed by atoms with Gasteiger partial charge in [-0.3, -0.25) is 4.90 Å². The first-order valence-corrected chi connectivity index (χ1v) is 8.01. The van der Waals surface area contributed by atoms with Gasteiger partial charge in [-0.2, -0.15) is 18.3 Å². The van der Waals surface area contributed by atoms with Gasteiger partial charge in [-0.1, -0.05) is 12.1 Å². The third-order valence-corrected chi connectivity index (χ3v) is 4.35. The van der Waals surface area contributed by atoms with Crippen molar-refractivity contribution in [1.82, 2.24) is 14.7 Å². The number of benzene rings is 1. The van der Waals surface area contributed by atoms with Crippen LogP contribution in [0.3, 0.4) is 0 Å². The van der Waals surface area contributed by atoms with Crippen molar-refractivity contribution >= 4 is 0 Å². The zero-order valence-corrected chi connectivity index (χ0v) is 13.2. The Morgan fingerprint density at radius 2 is 1.92 bits per heavy atom. The van der Waals surface area contributed by atoms with Crippen molar-refractivity contribution in [1.29, 1.82) is 0 Å². The molecule has 7 heteroatoms. The Kier molecular flexibility index (Phi) is 4.91. The second-order valence-electron chi connectivity index (χ2n) is 6.24. The second-order valence-corrected chi connectivity index (χ2v) is 6.24. The van der Waals surface area contributed by atoms with E-state index >= 15 is 0 Å². The number of alkyl halides is 3. The largest absolute Gasteiger partial charge is 0.435 e. The van der Waals surface area contributed by atoms with Gasteiger partial charge in [-0.15, -0.1) is 0 Å². The first kappa shape index (κ1) is 17.0. The molecule has 1 aromatic heterocycles. The molecule has 2 heterocycles. The van der Waals surface area contributed by atoms with Crippen LogP contribution >= 0.6 is 0 Å². The van der Waals surface area contributed by atoms with E-state index in [1.165, 1.54) is 10.9 Å². The normalized spacial score (nSPS) is 19.6. The lowest BCUT2D eigenvalue weighted by Crippen LogP contribution is -2.36. The highest BCUT2D eigenvalue weighted by molar-refractivity contribution is 5.34. The SMILES string of the molecule is OCC1CCCN(Cc2ccc(-n3ccc(C(F)(F)F)n3)cc2)C1. The zero-order valence-electron chi connectivity index (χ0n) is 13.2. The molecule has 1 aliphatic rings. The van der Waals surface area contributed by atoms with Gasteiger partial charge in [0, 0.05) is 25.9 Å². The number of aromatic nitrogens is 2. The van der Waals surface area contributed by atoms with Gasteiger partial charge < -0.3 is 5.11 Å². The molecule has 0 radical (unpaired) electrons. The van der Waals surface area contributed by atoms with Gasteiger partial charge in [0.05, 0.1) is 5.69 Å². The standard InChI is InChI=1S/C17H20F3N3O/c18-17(19,20)16-7-9-23(21-16)15-5-3-13(4-6-15)10-22-8-1-2-14(11-22)12-24/h3-7,9,14,24H,1-2,8,10-12H2. The summed E-state index contributed by atoms with van der Waals surface area (Å²) in [5.41, 5.74) is 0.802. The Labute approximate surface area is 138 Å². The van der Waals surface area contributed by atoms with Crippen LogP contribution in [0, 0.1) is 5.92 Å². The van der Waals surface area contributed by atoms with Crippen LogP contribution in [-0.2, 0) is 12.7 Å². The summed E-state index contributed by atoms with van der Waals surface area (Å²) in [4.78, 5) is 2.30. The Hall–Kier alpha value is -1.86. The van der Waals surface area contributed by atoms with Crippen LogP contribution in [-0.4, -0.2) is 39.5 Å². The number of rotatable bonds is 4. The molecule has 1 fully saturated rings. The molecule has 1 atom stereocenters. The minimum atomic E-state index is -4.43. The van der Waals surface area contributed by atoms with Crippen LogP contribution < -0.4 is 0 Å². The maximum absolute atomic E-state index is 12.6. The summed E-state index contributed by atoms with van der Waals surface area (Å²) in [6, 6.07) is 8.34. The Balaban J connectivity index is 1.66. The third-order valence-electron chi connectivity index (χ3n) is 4.35. The van der Waals surface area contributed by atoms with Crippen molar-refractivity contribution < 1.29 is 18.3 Å². The average Bonchev–Trinajstić information content (AvgIpc) is 3.06. The van der Waals surface area contributed by atoms with E-state index in [0.717, 1.165) is 44.1 Å². The van der Waals surface area contributed by atoms with E-state index in [9.17, 15) is 18.3 Å². The van der Waals surface area contributed by atoms with E-state index in [4.69, 9.17) is 0 Å². The molecule has 1 unspecified atom stereocenters. The van der Waals surface area contributed by atoms with E-state index in [2.05, 4.69) is 10.00 Å². The van der Waals surface area contributed by atoms with Gasteiger partial charge in [0.25, 0.3) is 0 Å². The van der Waals surface area contributed by atoms with Crippen LogP contribution in [0.5, 0.6) is 0 Å². The summed E-state index contributed by atoms with van der Waals surface area (Å²) >= 11 is 0. The molecule has 0 saturated carbocycles. The van der Waals surface area contributed by atoms with E-state index in [1.807, 2.05) is 12.1 Å².